The van der Waals surface area contributed by atoms with E-state index in [1.165, 1.54) is 180 Å². The van der Waals surface area contributed by atoms with E-state index in [0.29, 0.717) is 0 Å². The van der Waals surface area contributed by atoms with E-state index in [-0.39, 0.29) is 10.8 Å². The number of anilines is 2. The van der Waals surface area contributed by atoms with Gasteiger partial charge in [0.2, 0.25) is 0 Å². The molecule has 0 bridgehead atoms. The first-order chi connectivity index (χ1) is 30.7. The number of rotatable bonds is 4. The predicted octanol–water partition coefficient (Wildman–Crippen LogP) is 15.8. The molecule has 2 saturated heterocycles. The molecule has 310 valence electrons. The molecule has 7 aromatic rings. The molecule has 2 aliphatic heterocycles. The van der Waals surface area contributed by atoms with E-state index in [1.54, 1.807) is 22.3 Å². The quantitative estimate of drug-likeness (QED) is 0.163. The molecule has 0 N–H and O–H groups in total. The van der Waals surface area contributed by atoms with Crippen molar-refractivity contribution in [1.29, 1.82) is 0 Å². The molecule has 6 aliphatic rings. The maximum absolute atomic E-state index is 2.68. The molecule has 2 heterocycles. The van der Waals surface area contributed by atoms with Crippen molar-refractivity contribution in [1.82, 2.24) is 0 Å². The molecular formula is C60H60N2. The SMILES string of the molecule is c1ccc2c(c1)-c1ccc(-c3c4ccc(N5CCCCC5)cc4c(-c4ccc5c(c4)C4(CCCCC4)c4ccccc4-5)c4ccc(N5CCCCC5)cc34)cc1C21CCCCC1. The average molecular weight is 809 g/mol. The van der Waals surface area contributed by atoms with Gasteiger partial charge in [-0.05, 0) is 189 Å². The lowest BCUT2D eigenvalue weighted by Crippen LogP contribution is -2.29. The van der Waals surface area contributed by atoms with Crippen LogP contribution in [-0.2, 0) is 10.8 Å². The highest BCUT2D eigenvalue weighted by Gasteiger charge is 2.45. The van der Waals surface area contributed by atoms with E-state index in [1.807, 2.05) is 0 Å². The summed E-state index contributed by atoms with van der Waals surface area (Å²) in [7, 11) is 0. The van der Waals surface area contributed by atoms with E-state index < -0.39 is 0 Å². The average Bonchev–Trinajstić information content (AvgIpc) is 3.76. The maximum atomic E-state index is 2.68. The van der Waals surface area contributed by atoms with Gasteiger partial charge in [0.05, 0.1) is 0 Å². The van der Waals surface area contributed by atoms with Gasteiger partial charge in [-0.25, -0.2) is 0 Å². The minimum Gasteiger partial charge on any atom is -0.372 e. The van der Waals surface area contributed by atoms with E-state index in [9.17, 15) is 0 Å². The van der Waals surface area contributed by atoms with Gasteiger partial charge in [0.15, 0.2) is 0 Å². The summed E-state index contributed by atoms with van der Waals surface area (Å²) in [6.07, 6.45) is 20.7. The van der Waals surface area contributed by atoms with Crippen LogP contribution in [-0.4, -0.2) is 26.2 Å². The van der Waals surface area contributed by atoms with Crippen LogP contribution in [0, 0.1) is 0 Å². The van der Waals surface area contributed by atoms with Crippen LogP contribution in [0.4, 0.5) is 11.4 Å². The standard InChI is InChI=1S/C60H60N2/c1-9-29-59(30-10-1)53-19-7-5-17-45(53)47-25-21-41(37-55(47)59)57-49-27-23-44(62-35-15-4-16-36-62)40-52(49)58(50-28-24-43(39-51(50)57)61-33-13-3-14-34-61)42-22-26-48-46-18-6-8-20-54(46)60(56(48)38-42)31-11-2-12-32-60/h5-8,17-28,37-40H,1-4,9-16,29-36H2. The van der Waals surface area contributed by atoms with Gasteiger partial charge in [-0.3, -0.25) is 0 Å². The van der Waals surface area contributed by atoms with Crippen LogP contribution in [0.1, 0.15) is 125 Å². The zero-order chi connectivity index (χ0) is 40.8. The molecular weight excluding hydrogens is 749 g/mol. The van der Waals surface area contributed by atoms with Crippen LogP contribution in [0.25, 0.3) is 66.1 Å². The Morgan fingerprint density at radius 3 is 1.13 bits per heavy atom. The molecule has 0 amide bonds. The molecule has 0 aromatic heterocycles. The van der Waals surface area contributed by atoms with Gasteiger partial charge < -0.3 is 9.80 Å². The van der Waals surface area contributed by atoms with Crippen LogP contribution in [0.15, 0.2) is 121 Å². The first-order valence-electron chi connectivity index (χ1n) is 24.7. The van der Waals surface area contributed by atoms with Crippen LogP contribution in [0.5, 0.6) is 0 Å². The summed E-state index contributed by atoms with van der Waals surface area (Å²) in [5.74, 6) is 0. The lowest BCUT2D eigenvalue weighted by molar-refractivity contribution is 0.353. The first kappa shape index (κ1) is 37.2. The van der Waals surface area contributed by atoms with Crippen molar-refractivity contribution in [2.45, 2.75) is 114 Å². The second kappa shape index (κ2) is 14.6. The van der Waals surface area contributed by atoms with Gasteiger partial charge in [-0.1, -0.05) is 123 Å². The third-order valence-electron chi connectivity index (χ3n) is 17.1. The number of nitrogens with zero attached hydrogens (tertiary/aromatic N) is 2. The zero-order valence-electron chi connectivity index (χ0n) is 36.6. The van der Waals surface area contributed by atoms with E-state index in [4.69, 9.17) is 0 Å². The Balaban J connectivity index is 1.09. The van der Waals surface area contributed by atoms with E-state index in [2.05, 4.69) is 131 Å². The third-order valence-corrected chi connectivity index (χ3v) is 17.1. The molecule has 2 heteroatoms. The van der Waals surface area contributed by atoms with Crippen LogP contribution < -0.4 is 9.80 Å². The fourth-order valence-corrected chi connectivity index (χ4v) is 14.1. The summed E-state index contributed by atoms with van der Waals surface area (Å²) in [6, 6.07) is 49.4. The van der Waals surface area contributed by atoms with Gasteiger partial charge >= 0.3 is 0 Å². The van der Waals surface area contributed by atoms with Gasteiger partial charge in [-0.2, -0.15) is 0 Å². The number of hydrogen-bond acceptors (Lipinski definition) is 2. The minimum atomic E-state index is 0.114. The predicted molar refractivity (Wildman–Crippen MR) is 263 cm³/mol. The Bertz CT molecular complexity index is 2690. The van der Waals surface area contributed by atoms with Crippen molar-refractivity contribution in [3.8, 4) is 44.5 Å². The molecule has 0 unspecified atom stereocenters. The van der Waals surface area contributed by atoms with Crippen molar-refractivity contribution in [3.05, 3.63) is 144 Å². The second-order valence-electron chi connectivity index (χ2n) is 20.2. The topological polar surface area (TPSA) is 6.48 Å². The molecule has 2 saturated carbocycles. The first-order valence-corrected chi connectivity index (χ1v) is 24.7. The fourth-order valence-electron chi connectivity index (χ4n) is 14.1. The molecule has 62 heavy (non-hydrogen) atoms. The monoisotopic (exact) mass is 808 g/mol. The zero-order valence-corrected chi connectivity index (χ0v) is 36.6. The molecule has 0 atom stereocenters. The molecule has 2 spiro atoms. The van der Waals surface area contributed by atoms with Crippen molar-refractivity contribution >= 4 is 32.9 Å². The fraction of sp³-hybridized carbons (Fsp3) is 0.367. The molecule has 0 radical (unpaired) electrons. The number of hydrogen-bond donors (Lipinski definition) is 0. The van der Waals surface area contributed by atoms with Crippen LogP contribution in [0.3, 0.4) is 0 Å². The molecule has 13 rings (SSSR count). The molecule has 7 aromatic carbocycles. The lowest BCUT2D eigenvalue weighted by Gasteiger charge is -2.36. The largest absolute Gasteiger partial charge is 0.372 e. The molecule has 4 aliphatic carbocycles. The highest BCUT2D eigenvalue weighted by atomic mass is 15.1. The molecule has 4 fully saturated rings. The maximum Gasteiger partial charge on any atom is 0.0372 e. The summed E-state index contributed by atoms with van der Waals surface area (Å²) in [6.45, 7) is 4.59. The van der Waals surface area contributed by atoms with Gasteiger partial charge in [0.25, 0.3) is 0 Å². The highest BCUT2D eigenvalue weighted by molar-refractivity contribution is 6.22. The summed E-state index contributed by atoms with van der Waals surface area (Å²) in [5, 5.41) is 5.61. The third kappa shape index (κ3) is 5.53. The van der Waals surface area contributed by atoms with Gasteiger partial charge in [0, 0.05) is 48.4 Å². The smallest absolute Gasteiger partial charge is 0.0372 e. The Kier molecular flexibility index (Phi) is 8.78. The van der Waals surface area contributed by atoms with Gasteiger partial charge in [-0.15, -0.1) is 0 Å². The normalized spacial score (nSPS) is 19.8. The second-order valence-corrected chi connectivity index (χ2v) is 20.2. The highest BCUT2D eigenvalue weighted by Crippen LogP contribution is 2.59. The van der Waals surface area contributed by atoms with Crippen LogP contribution in [0.2, 0.25) is 0 Å². The summed E-state index contributed by atoms with van der Waals surface area (Å²) >= 11 is 0. The summed E-state index contributed by atoms with van der Waals surface area (Å²) in [4.78, 5) is 5.34. The van der Waals surface area contributed by atoms with Crippen LogP contribution >= 0.6 is 0 Å². The summed E-state index contributed by atoms with van der Waals surface area (Å²) in [5.41, 5.74) is 20.8. The van der Waals surface area contributed by atoms with Crippen molar-refractivity contribution in [2.75, 3.05) is 36.0 Å². The van der Waals surface area contributed by atoms with E-state index >= 15 is 0 Å². The van der Waals surface area contributed by atoms with Crippen molar-refractivity contribution in [3.63, 3.8) is 0 Å². The Hall–Kier alpha value is -5.34. The number of fused-ring (bicyclic) bond motifs is 12. The number of benzene rings is 7. The Morgan fingerprint density at radius 2 is 0.694 bits per heavy atom. The summed E-state index contributed by atoms with van der Waals surface area (Å²) < 4.78 is 0. The van der Waals surface area contributed by atoms with E-state index in [0.717, 1.165) is 26.2 Å². The molecule has 2 nitrogen and oxygen atoms in total. The van der Waals surface area contributed by atoms with Crippen molar-refractivity contribution in [2.24, 2.45) is 0 Å². The van der Waals surface area contributed by atoms with Gasteiger partial charge in [0.1, 0.15) is 0 Å². The lowest BCUT2D eigenvalue weighted by atomic mass is 9.67. The minimum absolute atomic E-state index is 0.114. The Morgan fingerprint density at radius 1 is 0.306 bits per heavy atom. The van der Waals surface area contributed by atoms with Crippen molar-refractivity contribution < 1.29 is 0 Å². The Labute approximate surface area is 369 Å². The number of piperidine rings is 2.